The molecule has 15 nitrogen and oxygen atoms in total. The summed E-state index contributed by atoms with van der Waals surface area (Å²) >= 11 is 0. The minimum atomic E-state index is -1.48. The summed E-state index contributed by atoms with van der Waals surface area (Å²) in [5.74, 6) is -2.18. The van der Waals surface area contributed by atoms with E-state index in [0.29, 0.717) is 31.5 Å². The second-order valence-electron chi connectivity index (χ2n) is 16.6. The number of benzene rings is 3. The molecule has 6 N–H and O–H groups in total. The van der Waals surface area contributed by atoms with Crippen LogP contribution in [0.15, 0.2) is 84.7 Å². The van der Waals surface area contributed by atoms with Gasteiger partial charge in [0.2, 0.25) is 11.8 Å². The third kappa shape index (κ3) is 12.3. The van der Waals surface area contributed by atoms with Crippen LogP contribution in [-0.4, -0.2) is 93.9 Å². The first-order chi connectivity index (χ1) is 28.0. The van der Waals surface area contributed by atoms with Crippen molar-refractivity contribution in [2.24, 2.45) is 11.7 Å². The first-order valence-corrected chi connectivity index (χ1v) is 20.3. The van der Waals surface area contributed by atoms with Crippen LogP contribution < -0.4 is 26.7 Å². The first-order valence-electron chi connectivity index (χ1n) is 20.3. The first kappa shape index (κ1) is 44.6. The molecule has 2 heterocycles. The van der Waals surface area contributed by atoms with Gasteiger partial charge in [0.15, 0.2) is 0 Å². The van der Waals surface area contributed by atoms with E-state index in [4.69, 9.17) is 15.2 Å². The van der Waals surface area contributed by atoms with Crippen molar-refractivity contribution >= 4 is 46.2 Å². The summed E-state index contributed by atoms with van der Waals surface area (Å²) < 4.78 is 11.1. The highest BCUT2D eigenvalue weighted by Gasteiger charge is 2.39. The molecule has 0 saturated carbocycles. The average molecular weight is 814 g/mol. The van der Waals surface area contributed by atoms with Gasteiger partial charge < -0.3 is 35.8 Å². The number of esters is 1. The molecular formula is C44H59N7O8. The number of rotatable bonds is 16. The predicted molar refractivity (Wildman–Crippen MR) is 224 cm³/mol. The second-order valence-corrected chi connectivity index (χ2v) is 16.6. The van der Waals surface area contributed by atoms with Crippen LogP contribution in [0.25, 0.3) is 10.8 Å². The van der Waals surface area contributed by atoms with Crippen LogP contribution in [0.3, 0.4) is 0 Å². The zero-order chi connectivity index (χ0) is 42.9. The fraction of sp³-hybridized carbons (Fsp3) is 0.477. The Hall–Kier alpha value is -5.51. The molecule has 15 heteroatoms. The maximum Gasteiger partial charge on any atom is 0.408 e. The zero-order valence-electron chi connectivity index (χ0n) is 34.9. The van der Waals surface area contributed by atoms with Crippen LogP contribution >= 0.6 is 0 Å². The van der Waals surface area contributed by atoms with E-state index in [1.165, 1.54) is 9.91 Å². The van der Waals surface area contributed by atoms with Gasteiger partial charge in [-0.15, -0.1) is 0 Å². The molecule has 318 valence electrons. The molecule has 59 heavy (non-hydrogen) atoms. The van der Waals surface area contributed by atoms with Gasteiger partial charge >= 0.3 is 12.1 Å². The Morgan fingerprint density at radius 1 is 0.898 bits per heavy atom. The zero-order valence-corrected chi connectivity index (χ0v) is 34.9. The molecule has 3 aromatic rings. The van der Waals surface area contributed by atoms with Gasteiger partial charge in [0.25, 0.3) is 5.91 Å². The normalized spacial score (nSPS) is 17.8. The highest BCUT2D eigenvalue weighted by molar-refractivity contribution is 5.96. The van der Waals surface area contributed by atoms with E-state index in [2.05, 4.69) is 16.1 Å². The molecule has 4 amide bonds. The predicted octanol–water partition coefficient (Wildman–Crippen LogP) is 4.44. The van der Waals surface area contributed by atoms with E-state index in [-0.39, 0.29) is 37.9 Å². The number of aliphatic hydroxyl groups is 1. The lowest BCUT2D eigenvalue weighted by Gasteiger charge is -2.31. The SMILES string of the molecule is CC(C)CC[C@H](O)C(NC(=O)[C@H](CC1=CN(C(=O)[C@H](C)N)CN1c1cccc2ccccc12)NC(=O)OCc1ccccc1)C(=O)NN1CCCC1C(=O)OC(C)(C)C. The second kappa shape index (κ2) is 20.0. The number of hydrogen-bond acceptors (Lipinski definition) is 11. The van der Waals surface area contributed by atoms with E-state index >= 15 is 0 Å². The molecule has 0 aromatic heterocycles. The minimum absolute atomic E-state index is 0.0733. The fourth-order valence-corrected chi connectivity index (χ4v) is 7.08. The van der Waals surface area contributed by atoms with Crippen molar-refractivity contribution in [2.75, 3.05) is 18.1 Å². The lowest BCUT2D eigenvalue weighted by atomic mass is 9.99. The van der Waals surface area contributed by atoms with Crippen LogP contribution in [0.5, 0.6) is 0 Å². The van der Waals surface area contributed by atoms with E-state index in [1.54, 1.807) is 46.0 Å². The summed E-state index contributed by atoms with van der Waals surface area (Å²) in [7, 11) is 0. The Labute approximate surface area is 346 Å². The van der Waals surface area contributed by atoms with Crippen LogP contribution in [0.2, 0.25) is 0 Å². The molecule has 2 unspecified atom stereocenters. The van der Waals surface area contributed by atoms with Gasteiger partial charge in [-0.2, -0.15) is 0 Å². The van der Waals surface area contributed by atoms with E-state index in [1.807, 2.05) is 79.4 Å². The summed E-state index contributed by atoms with van der Waals surface area (Å²) in [5.41, 5.74) is 10.0. The Balaban J connectivity index is 1.46. The molecule has 5 rings (SSSR count). The number of alkyl carbamates (subject to hydrolysis) is 1. The van der Waals surface area contributed by atoms with Crippen molar-refractivity contribution in [1.29, 1.82) is 0 Å². The molecule has 3 aromatic carbocycles. The Morgan fingerprint density at radius 2 is 1.59 bits per heavy atom. The number of nitrogens with one attached hydrogen (secondary N) is 3. The van der Waals surface area contributed by atoms with Gasteiger partial charge in [0.05, 0.1) is 17.8 Å². The maximum atomic E-state index is 14.5. The molecule has 5 atom stereocenters. The van der Waals surface area contributed by atoms with Crippen LogP contribution in [0.1, 0.15) is 79.2 Å². The van der Waals surface area contributed by atoms with E-state index < -0.39 is 59.7 Å². The molecule has 0 radical (unpaired) electrons. The van der Waals surface area contributed by atoms with Crippen molar-refractivity contribution < 1.29 is 38.6 Å². The molecule has 0 bridgehead atoms. The van der Waals surface area contributed by atoms with Crippen LogP contribution in [-0.2, 0) is 35.3 Å². The number of ether oxygens (including phenoxy) is 2. The number of anilines is 1. The number of fused-ring (bicyclic) bond motifs is 1. The number of amides is 4. The van der Waals surface area contributed by atoms with Gasteiger partial charge in [0.1, 0.15) is 37.0 Å². The molecule has 1 fully saturated rings. The summed E-state index contributed by atoms with van der Waals surface area (Å²) in [6.07, 6.45) is 1.02. The summed E-state index contributed by atoms with van der Waals surface area (Å²) in [4.78, 5) is 71.8. The van der Waals surface area contributed by atoms with Crippen molar-refractivity contribution in [1.82, 2.24) is 26.0 Å². The Morgan fingerprint density at radius 3 is 2.29 bits per heavy atom. The summed E-state index contributed by atoms with van der Waals surface area (Å²) in [5, 5.41) is 20.2. The molecule has 0 spiro atoms. The standard InChI is InChI=1S/C44H59N7O8/c1-28(2)21-22-37(52)38(40(54)48-51-23-13-20-36(51)42(56)59-44(4,5)6)47-39(53)34(46-43(57)58-26-30-14-8-7-9-15-30)24-32-25-49(41(55)29(3)45)27-50(32)35-19-12-17-31-16-10-11-18-33(31)35/h7-12,14-19,25,28-29,34,36-38,52H,13,20-24,26-27,45H2,1-6H3,(H,46,57)(H,47,53)(H,48,54)/t29-,34-,36?,37-,38?/m0/s1. The molecule has 0 aliphatic carbocycles. The van der Waals surface area contributed by atoms with Gasteiger partial charge in [0, 0.05) is 30.2 Å². The topological polar surface area (TPSA) is 196 Å². The monoisotopic (exact) mass is 813 g/mol. The molecule has 2 aliphatic heterocycles. The van der Waals surface area contributed by atoms with Crippen molar-refractivity contribution in [3.63, 3.8) is 0 Å². The lowest BCUT2D eigenvalue weighted by Crippen LogP contribution is -2.61. The van der Waals surface area contributed by atoms with Crippen molar-refractivity contribution in [2.45, 2.75) is 116 Å². The smallest absolute Gasteiger partial charge is 0.408 e. The quantitative estimate of drug-likeness (QED) is 0.128. The Kier molecular flexibility index (Phi) is 15.1. The van der Waals surface area contributed by atoms with E-state index in [0.717, 1.165) is 22.0 Å². The highest BCUT2D eigenvalue weighted by Crippen LogP contribution is 2.34. The maximum absolute atomic E-state index is 14.5. The summed E-state index contributed by atoms with van der Waals surface area (Å²) in [6.45, 7) is 11.2. The highest BCUT2D eigenvalue weighted by atomic mass is 16.6. The largest absolute Gasteiger partial charge is 0.459 e. The lowest BCUT2D eigenvalue weighted by molar-refractivity contribution is -0.162. The number of nitrogens with two attached hydrogens (primary N) is 1. The number of hydrogen-bond donors (Lipinski definition) is 5. The Bertz CT molecular complexity index is 1980. The number of carbonyl (C=O) groups excluding carboxylic acids is 5. The fourth-order valence-electron chi connectivity index (χ4n) is 7.08. The van der Waals surface area contributed by atoms with Gasteiger partial charge in [-0.3, -0.25) is 29.5 Å². The third-order valence-electron chi connectivity index (χ3n) is 10.1. The number of nitrogens with zero attached hydrogens (tertiary/aromatic N) is 3. The van der Waals surface area contributed by atoms with Crippen molar-refractivity contribution in [3.05, 3.63) is 90.3 Å². The van der Waals surface area contributed by atoms with Gasteiger partial charge in [-0.05, 0) is 76.3 Å². The molecular weight excluding hydrogens is 755 g/mol. The molecule has 1 saturated heterocycles. The van der Waals surface area contributed by atoms with Crippen LogP contribution in [0.4, 0.5) is 10.5 Å². The van der Waals surface area contributed by atoms with Gasteiger partial charge in [-0.25, -0.2) is 9.80 Å². The third-order valence-corrected chi connectivity index (χ3v) is 10.1. The minimum Gasteiger partial charge on any atom is -0.459 e. The van der Waals surface area contributed by atoms with E-state index in [9.17, 15) is 29.1 Å². The molecule has 2 aliphatic rings. The number of aliphatic hydroxyl groups excluding tert-OH is 1. The average Bonchev–Trinajstić information content (AvgIpc) is 3.84. The van der Waals surface area contributed by atoms with Crippen LogP contribution in [0, 0.1) is 5.92 Å². The van der Waals surface area contributed by atoms with Gasteiger partial charge in [-0.1, -0.05) is 80.6 Å². The summed E-state index contributed by atoms with van der Waals surface area (Å²) in [6, 6.07) is 18.2. The number of hydrazine groups is 1. The number of carbonyl (C=O) groups is 5. The van der Waals surface area contributed by atoms with Crippen molar-refractivity contribution in [3.8, 4) is 0 Å².